The molecule has 4 aromatic rings. The number of H-pyrrole nitrogens is 1. The monoisotopic (exact) mass is 449 g/mol. The second-order valence-electron chi connectivity index (χ2n) is 7.61. The van der Waals surface area contributed by atoms with Crippen molar-refractivity contribution in [3.63, 3.8) is 0 Å². The van der Waals surface area contributed by atoms with Gasteiger partial charge >= 0.3 is 0 Å². The van der Waals surface area contributed by atoms with E-state index in [1.165, 1.54) is 29.7 Å². The summed E-state index contributed by atoms with van der Waals surface area (Å²) in [5.74, 6) is 1.07. The van der Waals surface area contributed by atoms with Crippen molar-refractivity contribution in [3.8, 4) is 11.1 Å². The van der Waals surface area contributed by atoms with Crippen molar-refractivity contribution >= 4 is 50.2 Å². The molecule has 1 N–H and O–H groups in total. The zero-order chi connectivity index (χ0) is 21.4. The second-order valence-corrected chi connectivity index (χ2v) is 8.88. The Morgan fingerprint density at radius 2 is 1.87 bits per heavy atom. The smallest absolute Gasteiger partial charge is 0.260 e. The number of halogens is 1. The summed E-state index contributed by atoms with van der Waals surface area (Å²) < 4.78 is 0. The van der Waals surface area contributed by atoms with Gasteiger partial charge in [-0.05, 0) is 31.4 Å². The number of rotatable bonds is 4. The molecule has 31 heavy (non-hydrogen) atoms. The number of anilines is 1. The van der Waals surface area contributed by atoms with Crippen LogP contribution in [0.15, 0.2) is 46.8 Å². The van der Waals surface area contributed by atoms with E-state index in [0.29, 0.717) is 21.1 Å². The van der Waals surface area contributed by atoms with Crippen LogP contribution in [-0.4, -0.2) is 33.0 Å². The third-order valence-electron chi connectivity index (χ3n) is 5.37. The molecular formula is C23H20ClN5OS. The molecule has 6 nitrogen and oxygen atoms in total. The minimum absolute atomic E-state index is 0.205. The number of aromatic nitrogens is 4. The summed E-state index contributed by atoms with van der Waals surface area (Å²) in [4.78, 5) is 32.0. The summed E-state index contributed by atoms with van der Waals surface area (Å²) in [6.07, 6.45) is 7.54. The first-order chi connectivity index (χ1) is 15.1. The standard InChI is InChI=1S/C23H20ClN5OS/c1-14-4-6-16(7-5-14)17-13-31-22-19(17)21(30)27-20(28-22)18(24)10-15-11-25-23(26-12-15)29-8-2-3-9-29/h4-7,10-13H,2-3,8-9H2,1H3,(H,27,28,30)/b18-10-. The molecule has 1 aliphatic rings. The van der Waals surface area contributed by atoms with Crippen molar-refractivity contribution in [1.82, 2.24) is 19.9 Å². The maximum absolute atomic E-state index is 12.9. The van der Waals surface area contributed by atoms with E-state index in [1.54, 1.807) is 18.5 Å². The number of fused-ring (bicyclic) bond motifs is 1. The number of nitrogens with one attached hydrogen (secondary N) is 1. The summed E-state index contributed by atoms with van der Waals surface area (Å²) in [5, 5.41) is 2.88. The fourth-order valence-electron chi connectivity index (χ4n) is 3.71. The van der Waals surface area contributed by atoms with Gasteiger partial charge in [-0.2, -0.15) is 0 Å². The first kappa shape index (κ1) is 19.9. The molecule has 0 saturated carbocycles. The lowest BCUT2D eigenvalue weighted by molar-refractivity contribution is 0.897. The van der Waals surface area contributed by atoms with Gasteiger partial charge in [0.15, 0.2) is 5.82 Å². The van der Waals surface area contributed by atoms with Gasteiger partial charge in [-0.3, -0.25) is 4.79 Å². The van der Waals surface area contributed by atoms with Crippen LogP contribution in [0.3, 0.4) is 0 Å². The number of aryl methyl sites for hydroxylation is 1. The van der Waals surface area contributed by atoms with Gasteiger partial charge in [-0.1, -0.05) is 41.4 Å². The summed E-state index contributed by atoms with van der Waals surface area (Å²) in [6.45, 7) is 4.02. The number of aromatic amines is 1. The molecule has 0 unspecified atom stereocenters. The first-order valence-electron chi connectivity index (χ1n) is 10.1. The largest absolute Gasteiger partial charge is 0.341 e. The molecule has 0 atom stereocenters. The van der Waals surface area contributed by atoms with Gasteiger partial charge in [0.2, 0.25) is 5.95 Å². The molecule has 0 bridgehead atoms. The van der Waals surface area contributed by atoms with Crippen LogP contribution in [0.4, 0.5) is 5.95 Å². The minimum Gasteiger partial charge on any atom is -0.341 e. The molecule has 1 aliphatic heterocycles. The zero-order valence-electron chi connectivity index (χ0n) is 16.9. The molecule has 156 valence electrons. The van der Waals surface area contributed by atoms with Crippen LogP contribution in [0, 0.1) is 6.92 Å². The molecule has 1 aromatic carbocycles. The molecule has 0 amide bonds. The van der Waals surface area contributed by atoms with Gasteiger partial charge in [0.1, 0.15) is 4.83 Å². The van der Waals surface area contributed by atoms with E-state index in [-0.39, 0.29) is 5.56 Å². The molecule has 8 heteroatoms. The predicted molar refractivity (Wildman–Crippen MR) is 128 cm³/mol. The molecule has 1 fully saturated rings. The molecule has 1 saturated heterocycles. The number of hydrogen-bond acceptors (Lipinski definition) is 6. The lowest BCUT2D eigenvalue weighted by atomic mass is 10.1. The van der Waals surface area contributed by atoms with E-state index < -0.39 is 0 Å². The number of thiophene rings is 1. The van der Waals surface area contributed by atoms with Crippen LogP contribution in [0.5, 0.6) is 0 Å². The highest BCUT2D eigenvalue weighted by atomic mass is 35.5. The summed E-state index contributed by atoms with van der Waals surface area (Å²) in [7, 11) is 0. The Balaban J connectivity index is 1.46. The molecule has 4 heterocycles. The highest BCUT2D eigenvalue weighted by Crippen LogP contribution is 2.32. The Morgan fingerprint density at radius 1 is 1.16 bits per heavy atom. The number of hydrogen-bond donors (Lipinski definition) is 1. The van der Waals surface area contributed by atoms with Gasteiger partial charge in [-0.15, -0.1) is 11.3 Å². The van der Waals surface area contributed by atoms with E-state index in [4.69, 9.17) is 11.6 Å². The second kappa shape index (κ2) is 8.24. The first-order valence-corrected chi connectivity index (χ1v) is 11.4. The van der Waals surface area contributed by atoms with Crippen molar-refractivity contribution < 1.29 is 0 Å². The van der Waals surface area contributed by atoms with Crippen molar-refractivity contribution in [2.75, 3.05) is 18.0 Å². The average Bonchev–Trinajstić information content (AvgIpc) is 3.45. The summed E-state index contributed by atoms with van der Waals surface area (Å²) >= 11 is 7.92. The van der Waals surface area contributed by atoms with Crippen molar-refractivity contribution in [2.24, 2.45) is 0 Å². The van der Waals surface area contributed by atoms with Gasteiger partial charge in [0, 0.05) is 42.0 Å². The van der Waals surface area contributed by atoms with Crippen molar-refractivity contribution in [3.05, 3.63) is 69.3 Å². The van der Waals surface area contributed by atoms with Crippen LogP contribution in [0.2, 0.25) is 0 Å². The predicted octanol–water partition coefficient (Wildman–Crippen LogP) is 5.09. The Morgan fingerprint density at radius 3 is 2.58 bits per heavy atom. The van der Waals surface area contributed by atoms with E-state index in [0.717, 1.165) is 35.7 Å². The van der Waals surface area contributed by atoms with Crippen molar-refractivity contribution in [2.45, 2.75) is 19.8 Å². The average molecular weight is 450 g/mol. The number of nitrogens with zero attached hydrogens (tertiary/aromatic N) is 4. The maximum Gasteiger partial charge on any atom is 0.260 e. The van der Waals surface area contributed by atoms with Crippen LogP contribution < -0.4 is 10.5 Å². The van der Waals surface area contributed by atoms with Gasteiger partial charge in [0.25, 0.3) is 5.56 Å². The lowest BCUT2D eigenvalue weighted by Gasteiger charge is -2.14. The number of benzene rings is 1. The maximum atomic E-state index is 12.9. The zero-order valence-corrected chi connectivity index (χ0v) is 18.5. The van der Waals surface area contributed by atoms with Gasteiger partial charge < -0.3 is 9.88 Å². The lowest BCUT2D eigenvalue weighted by Crippen LogP contribution is -2.20. The normalized spacial score (nSPS) is 14.5. The highest BCUT2D eigenvalue weighted by Gasteiger charge is 2.16. The molecular weight excluding hydrogens is 430 g/mol. The SMILES string of the molecule is Cc1ccc(-c2csc3nc(/C(Cl)=C/c4cnc(N5CCCC5)nc4)[nH]c(=O)c23)cc1. The Labute approximate surface area is 188 Å². The van der Waals surface area contributed by atoms with Crippen LogP contribution in [-0.2, 0) is 0 Å². The minimum atomic E-state index is -0.205. The van der Waals surface area contributed by atoms with Crippen LogP contribution in [0.1, 0.15) is 29.8 Å². The Kier molecular flexibility index (Phi) is 5.29. The molecule has 0 spiro atoms. The fraction of sp³-hybridized carbons (Fsp3) is 0.217. The Bertz CT molecular complexity index is 1320. The highest BCUT2D eigenvalue weighted by molar-refractivity contribution is 7.17. The van der Waals surface area contributed by atoms with E-state index in [2.05, 4.69) is 24.8 Å². The van der Waals surface area contributed by atoms with Crippen LogP contribution in [0.25, 0.3) is 32.5 Å². The molecule has 3 aromatic heterocycles. The van der Waals surface area contributed by atoms with E-state index in [1.807, 2.05) is 36.6 Å². The van der Waals surface area contributed by atoms with E-state index in [9.17, 15) is 4.79 Å². The Hall–Kier alpha value is -3.03. The van der Waals surface area contributed by atoms with Gasteiger partial charge in [0.05, 0.1) is 10.4 Å². The molecule has 0 radical (unpaired) electrons. The van der Waals surface area contributed by atoms with Gasteiger partial charge in [-0.25, -0.2) is 15.0 Å². The summed E-state index contributed by atoms with van der Waals surface area (Å²) in [6, 6.07) is 8.10. The third-order valence-corrected chi connectivity index (χ3v) is 6.53. The van der Waals surface area contributed by atoms with Crippen molar-refractivity contribution in [1.29, 1.82) is 0 Å². The van der Waals surface area contributed by atoms with Crippen LogP contribution >= 0.6 is 22.9 Å². The van der Waals surface area contributed by atoms with E-state index >= 15 is 0 Å². The quantitative estimate of drug-likeness (QED) is 0.469. The molecule has 0 aliphatic carbocycles. The topological polar surface area (TPSA) is 74.8 Å². The fourth-order valence-corrected chi connectivity index (χ4v) is 4.87. The third kappa shape index (κ3) is 3.98. The summed E-state index contributed by atoms with van der Waals surface area (Å²) in [5.41, 5.74) is 3.60. The molecule has 5 rings (SSSR count).